The van der Waals surface area contributed by atoms with E-state index in [1.807, 2.05) is 11.0 Å². The first-order chi connectivity index (χ1) is 22.8. The Morgan fingerprint density at radius 1 is 1.13 bits per heavy atom. The molecule has 3 fully saturated rings. The van der Waals surface area contributed by atoms with E-state index in [4.69, 9.17) is 9.15 Å². The predicted molar refractivity (Wildman–Crippen MR) is 178 cm³/mol. The Balaban J connectivity index is 1.00. The number of nitrogens with zero attached hydrogens (tertiary/aromatic N) is 3. The highest BCUT2D eigenvalue weighted by atomic mass is 16.5. The van der Waals surface area contributed by atoms with Gasteiger partial charge in [-0.1, -0.05) is 51.0 Å². The van der Waals surface area contributed by atoms with Crippen molar-refractivity contribution < 1.29 is 23.8 Å². The second-order valence-corrected chi connectivity index (χ2v) is 14.4. The standard InChI is InChI=1S/C36H54N6O5/c1-26(43)42-21-30(22-42)39-34-16-29(17-36(40-34)12-7-5-3-2-4-6-8-13-36)35(45)38-18-31(44)23-41-14-11-27-15-32(10-9-28(27)20-41)46-24-33-19-37-25-47-33/h9-10,15,19,25,29-31,34,39-40,44H,2-8,11-14,16-18,20-24H2,1H3,(H,38,45)/t29?,31-,34?/m0/s1. The molecule has 1 aliphatic carbocycles. The number of aliphatic hydroxyl groups excluding tert-OH is 1. The summed E-state index contributed by atoms with van der Waals surface area (Å²) in [5.41, 5.74) is 2.44. The maximum Gasteiger partial charge on any atom is 0.223 e. The lowest BCUT2D eigenvalue weighted by atomic mass is 9.73. The average molecular weight is 651 g/mol. The number of likely N-dealkylation sites (tertiary alicyclic amines) is 1. The van der Waals surface area contributed by atoms with Crippen LogP contribution in [0.2, 0.25) is 0 Å². The summed E-state index contributed by atoms with van der Waals surface area (Å²) in [6, 6.07) is 6.43. The van der Waals surface area contributed by atoms with Gasteiger partial charge in [-0.25, -0.2) is 4.98 Å². The highest BCUT2D eigenvalue weighted by molar-refractivity contribution is 5.79. The summed E-state index contributed by atoms with van der Waals surface area (Å²) < 4.78 is 11.1. The molecule has 0 bridgehead atoms. The third-order valence-electron chi connectivity index (χ3n) is 10.7. The van der Waals surface area contributed by atoms with Gasteiger partial charge in [0.2, 0.25) is 11.8 Å². The van der Waals surface area contributed by atoms with Crippen molar-refractivity contribution in [2.45, 2.75) is 121 Å². The number of aliphatic hydroxyl groups is 1. The van der Waals surface area contributed by atoms with Gasteiger partial charge < -0.3 is 24.5 Å². The number of carbonyl (C=O) groups is 2. The van der Waals surface area contributed by atoms with Crippen LogP contribution in [0.25, 0.3) is 0 Å². The van der Waals surface area contributed by atoms with Crippen LogP contribution in [0, 0.1) is 5.92 Å². The second-order valence-electron chi connectivity index (χ2n) is 14.4. The van der Waals surface area contributed by atoms with E-state index in [-0.39, 0.29) is 42.0 Å². The van der Waals surface area contributed by atoms with E-state index in [1.54, 1.807) is 13.1 Å². The molecule has 4 aliphatic rings. The van der Waals surface area contributed by atoms with Crippen LogP contribution < -0.4 is 20.7 Å². The van der Waals surface area contributed by atoms with Crippen LogP contribution in [0.4, 0.5) is 0 Å². The fourth-order valence-electron chi connectivity index (χ4n) is 8.07. The molecule has 1 aromatic heterocycles. The number of fused-ring (bicyclic) bond motifs is 1. The van der Waals surface area contributed by atoms with Crippen LogP contribution in [0.1, 0.15) is 94.4 Å². The fraction of sp³-hybridized carbons (Fsp3) is 0.694. The minimum atomic E-state index is -0.643. The highest BCUT2D eigenvalue weighted by Gasteiger charge is 2.43. The molecule has 3 atom stereocenters. The third-order valence-corrected chi connectivity index (χ3v) is 10.7. The number of carbonyl (C=O) groups excluding carboxylic acids is 2. The summed E-state index contributed by atoms with van der Waals surface area (Å²) in [6.07, 6.45) is 15.9. The van der Waals surface area contributed by atoms with E-state index >= 15 is 0 Å². The van der Waals surface area contributed by atoms with E-state index in [2.05, 4.69) is 38.0 Å². The summed E-state index contributed by atoms with van der Waals surface area (Å²) in [5, 5.41) is 21.9. The largest absolute Gasteiger partial charge is 0.486 e. The lowest BCUT2D eigenvalue weighted by Crippen LogP contribution is -2.68. The van der Waals surface area contributed by atoms with Gasteiger partial charge in [-0.05, 0) is 55.4 Å². The molecular formula is C36H54N6O5. The zero-order valence-electron chi connectivity index (χ0n) is 28.1. The predicted octanol–water partition coefficient (Wildman–Crippen LogP) is 3.50. The molecule has 1 spiro atoms. The first-order valence-electron chi connectivity index (χ1n) is 17.9. The van der Waals surface area contributed by atoms with Gasteiger partial charge in [0.1, 0.15) is 12.4 Å². The number of rotatable bonds is 10. The van der Waals surface area contributed by atoms with Gasteiger partial charge in [-0.2, -0.15) is 0 Å². The number of benzene rings is 1. The van der Waals surface area contributed by atoms with Crippen LogP contribution in [-0.4, -0.2) is 88.3 Å². The number of hydrogen-bond acceptors (Lipinski definition) is 9. The molecular weight excluding hydrogens is 596 g/mol. The molecule has 258 valence electrons. The molecule has 2 unspecified atom stereocenters. The Hall–Kier alpha value is -2.99. The Morgan fingerprint density at radius 3 is 2.62 bits per heavy atom. The summed E-state index contributed by atoms with van der Waals surface area (Å²) in [6.45, 7) is 5.79. The molecule has 0 radical (unpaired) electrons. The van der Waals surface area contributed by atoms with Crippen molar-refractivity contribution in [2.24, 2.45) is 5.92 Å². The number of β-amino-alcohol motifs (C(OH)–C–C–N with tert-alkyl or cyclic N) is 1. The third kappa shape index (κ3) is 9.34. The Morgan fingerprint density at radius 2 is 1.89 bits per heavy atom. The summed E-state index contributed by atoms with van der Waals surface area (Å²) in [7, 11) is 0. The number of piperidine rings is 1. The number of amides is 2. The SMILES string of the molecule is CC(=O)N1CC(NC2CC(C(=O)NC[C@H](O)CN3CCc4cc(OCc5cnco5)ccc4C3)CC3(CCCCCCCCC3)N2)C1. The molecule has 6 rings (SSSR count). The molecule has 47 heavy (non-hydrogen) atoms. The van der Waals surface area contributed by atoms with Gasteiger partial charge in [-0.3, -0.25) is 25.1 Å². The summed E-state index contributed by atoms with van der Waals surface area (Å²) in [4.78, 5) is 33.5. The van der Waals surface area contributed by atoms with Crippen molar-refractivity contribution in [3.63, 3.8) is 0 Å². The maximum absolute atomic E-state index is 13.7. The first kappa shape index (κ1) is 33.9. The number of nitrogens with one attached hydrogen (secondary N) is 3. The Labute approximate surface area is 279 Å². The average Bonchev–Trinajstić information content (AvgIpc) is 3.57. The van der Waals surface area contributed by atoms with Gasteiger partial charge in [0, 0.05) is 63.7 Å². The molecule has 4 heterocycles. The minimum absolute atomic E-state index is 0.0351. The van der Waals surface area contributed by atoms with Crippen molar-refractivity contribution in [2.75, 3.05) is 32.7 Å². The molecule has 11 nitrogen and oxygen atoms in total. The van der Waals surface area contributed by atoms with E-state index in [1.165, 1.54) is 62.5 Å². The van der Waals surface area contributed by atoms with Gasteiger partial charge in [0.05, 0.1) is 18.5 Å². The van der Waals surface area contributed by atoms with E-state index < -0.39 is 6.10 Å². The lowest BCUT2D eigenvalue weighted by molar-refractivity contribution is -0.134. The highest BCUT2D eigenvalue weighted by Crippen LogP contribution is 2.37. The van der Waals surface area contributed by atoms with Gasteiger partial charge in [-0.15, -0.1) is 0 Å². The first-order valence-corrected chi connectivity index (χ1v) is 17.9. The quantitative estimate of drug-likeness (QED) is 0.305. The van der Waals surface area contributed by atoms with E-state index in [0.29, 0.717) is 25.3 Å². The fourth-order valence-corrected chi connectivity index (χ4v) is 8.07. The summed E-state index contributed by atoms with van der Waals surface area (Å²) in [5.74, 6) is 1.55. The zero-order valence-corrected chi connectivity index (χ0v) is 28.1. The molecule has 2 amide bonds. The van der Waals surface area contributed by atoms with Gasteiger partial charge in [0.25, 0.3) is 0 Å². The number of hydrogen-bond donors (Lipinski definition) is 4. The molecule has 11 heteroatoms. The Kier molecular flexibility index (Phi) is 11.5. The molecule has 1 aromatic carbocycles. The molecule has 4 N–H and O–H groups in total. The summed E-state index contributed by atoms with van der Waals surface area (Å²) >= 11 is 0. The molecule has 2 aromatic rings. The minimum Gasteiger partial charge on any atom is -0.486 e. The lowest BCUT2D eigenvalue weighted by Gasteiger charge is -2.49. The van der Waals surface area contributed by atoms with Crippen LogP contribution in [0.5, 0.6) is 5.75 Å². The van der Waals surface area contributed by atoms with Crippen LogP contribution in [0.3, 0.4) is 0 Å². The van der Waals surface area contributed by atoms with Crippen molar-refractivity contribution in [3.05, 3.63) is 47.7 Å². The van der Waals surface area contributed by atoms with Crippen molar-refractivity contribution in [3.8, 4) is 5.75 Å². The molecule has 2 saturated heterocycles. The van der Waals surface area contributed by atoms with Crippen LogP contribution in [-0.2, 0) is 29.2 Å². The van der Waals surface area contributed by atoms with Crippen molar-refractivity contribution in [1.82, 2.24) is 30.7 Å². The maximum atomic E-state index is 13.7. The topological polar surface area (TPSA) is 132 Å². The molecule has 3 aliphatic heterocycles. The van der Waals surface area contributed by atoms with E-state index in [9.17, 15) is 14.7 Å². The van der Waals surface area contributed by atoms with E-state index in [0.717, 1.165) is 57.6 Å². The second kappa shape index (κ2) is 15.9. The normalized spacial score (nSPS) is 24.6. The van der Waals surface area contributed by atoms with Crippen LogP contribution >= 0.6 is 0 Å². The smallest absolute Gasteiger partial charge is 0.223 e. The van der Waals surface area contributed by atoms with Crippen molar-refractivity contribution >= 4 is 11.8 Å². The number of oxazole rings is 1. The van der Waals surface area contributed by atoms with Gasteiger partial charge >= 0.3 is 0 Å². The van der Waals surface area contributed by atoms with Gasteiger partial charge in [0.15, 0.2) is 12.2 Å². The monoisotopic (exact) mass is 650 g/mol. The van der Waals surface area contributed by atoms with Crippen LogP contribution in [0.15, 0.2) is 35.2 Å². The Bertz CT molecular complexity index is 1300. The number of aromatic nitrogens is 1. The number of ether oxygens (including phenoxy) is 1. The molecule has 1 saturated carbocycles. The van der Waals surface area contributed by atoms with Crippen molar-refractivity contribution in [1.29, 1.82) is 0 Å². The zero-order chi connectivity index (χ0) is 32.6.